The smallest absolute Gasteiger partial charge is 0.263 e. The zero-order valence-corrected chi connectivity index (χ0v) is 18.0. The van der Waals surface area contributed by atoms with Crippen molar-refractivity contribution in [1.29, 1.82) is 0 Å². The molecular formula is C23H23FN4O2S. The number of rotatable bonds is 5. The minimum Gasteiger partial charge on any atom is -0.347 e. The number of nitrogens with zero attached hydrogens (tertiary/aromatic N) is 3. The molecule has 1 aromatic carbocycles. The van der Waals surface area contributed by atoms with Crippen molar-refractivity contribution in [3.8, 4) is 0 Å². The van der Waals surface area contributed by atoms with Crippen molar-refractivity contribution >= 4 is 23.2 Å². The molecule has 2 amide bonds. The topological polar surface area (TPSA) is 75.2 Å². The number of hydrogen-bond acceptors (Lipinski definition) is 5. The number of likely N-dealkylation sites (tertiary alicyclic amines) is 1. The molecule has 0 bridgehead atoms. The normalized spacial score (nSPS) is 14.5. The Bertz CT molecular complexity index is 1080. The molecule has 1 N–H and O–H groups in total. The van der Waals surface area contributed by atoms with Crippen molar-refractivity contribution in [3.63, 3.8) is 0 Å². The van der Waals surface area contributed by atoms with Crippen LogP contribution in [0.2, 0.25) is 0 Å². The molecule has 1 aliphatic rings. The van der Waals surface area contributed by atoms with Gasteiger partial charge in [0, 0.05) is 43.5 Å². The summed E-state index contributed by atoms with van der Waals surface area (Å²) in [5.74, 6) is -0.485. The minimum atomic E-state index is -0.409. The molecule has 0 aliphatic carbocycles. The number of amides is 2. The molecule has 1 aliphatic heterocycles. The highest BCUT2D eigenvalue weighted by Crippen LogP contribution is 2.33. The number of piperidine rings is 1. The first kappa shape index (κ1) is 21.1. The van der Waals surface area contributed by atoms with E-state index in [9.17, 15) is 14.0 Å². The number of carbonyl (C=O) groups is 2. The number of benzene rings is 1. The van der Waals surface area contributed by atoms with Crippen LogP contribution >= 0.6 is 11.3 Å². The SMILES string of the molecule is Cc1nc(C2CCN(C(=O)c3cccc(F)c3)CC2)sc1C(=O)NCc1cccnc1. The maximum Gasteiger partial charge on any atom is 0.263 e. The van der Waals surface area contributed by atoms with E-state index in [2.05, 4.69) is 15.3 Å². The molecular weight excluding hydrogens is 415 g/mol. The monoisotopic (exact) mass is 438 g/mol. The molecule has 0 atom stereocenters. The summed E-state index contributed by atoms with van der Waals surface area (Å²) in [7, 11) is 0. The van der Waals surface area contributed by atoms with Gasteiger partial charge in [0.15, 0.2) is 0 Å². The molecule has 8 heteroatoms. The minimum absolute atomic E-state index is 0.135. The summed E-state index contributed by atoms with van der Waals surface area (Å²) in [6.45, 7) is 3.43. The van der Waals surface area contributed by atoms with E-state index in [1.54, 1.807) is 29.4 Å². The van der Waals surface area contributed by atoms with Crippen LogP contribution in [0, 0.1) is 12.7 Å². The van der Waals surface area contributed by atoms with Crippen molar-refractivity contribution < 1.29 is 14.0 Å². The standard InChI is InChI=1S/C23H23FN4O2S/c1-15-20(21(29)26-14-16-4-3-9-25-13-16)31-22(27-15)17-7-10-28(11-8-17)23(30)18-5-2-6-19(24)12-18/h2-6,9,12-13,17H,7-8,10-11,14H2,1H3,(H,26,29). The van der Waals surface area contributed by atoms with E-state index < -0.39 is 5.82 Å². The number of hydrogen-bond donors (Lipinski definition) is 1. The van der Waals surface area contributed by atoms with E-state index in [1.165, 1.54) is 23.5 Å². The molecule has 4 rings (SSSR count). The average molecular weight is 439 g/mol. The first-order valence-corrected chi connectivity index (χ1v) is 11.0. The molecule has 0 spiro atoms. The molecule has 3 heterocycles. The maximum atomic E-state index is 13.4. The number of nitrogens with one attached hydrogen (secondary N) is 1. The average Bonchev–Trinajstić information content (AvgIpc) is 3.19. The van der Waals surface area contributed by atoms with Crippen molar-refractivity contribution in [2.24, 2.45) is 0 Å². The van der Waals surface area contributed by atoms with Gasteiger partial charge in [-0.25, -0.2) is 9.37 Å². The Morgan fingerprint density at radius 1 is 1.23 bits per heavy atom. The summed E-state index contributed by atoms with van der Waals surface area (Å²) >= 11 is 1.43. The second-order valence-electron chi connectivity index (χ2n) is 7.59. The predicted molar refractivity (Wildman–Crippen MR) is 117 cm³/mol. The van der Waals surface area contributed by atoms with Crippen molar-refractivity contribution in [1.82, 2.24) is 20.2 Å². The van der Waals surface area contributed by atoms with Crippen LogP contribution in [-0.2, 0) is 6.54 Å². The van der Waals surface area contributed by atoms with E-state index in [0.717, 1.165) is 29.1 Å². The van der Waals surface area contributed by atoms with Gasteiger partial charge in [-0.1, -0.05) is 12.1 Å². The third-order valence-corrected chi connectivity index (χ3v) is 6.72. The summed E-state index contributed by atoms with van der Waals surface area (Å²) in [5.41, 5.74) is 2.03. The van der Waals surface area contributed by atoms with Crippen molar-refractivity contribution in [3.05, 3.63) is 81.3 Å². The van der Waals surface area contributed by atoms with Gasteiger partial charge in [-0.2, -0.15) is 0 Å². The fraction of sp³-hybridized carbons (Fsp3) is 0.304. The van der Waals surface area contributed by atoms with Gasteiger partial charge in [-0.15, -0.1) is 11.3 Å². The molecule has 1 saturated heterocycles. The van der Waals surface area contributed by atoms with E-state index in [0.29, 0.717) is 30.1 Å². The summed E-state index contributed by atoms with van der Waals surface area (Å²) in [6, 6.07) is 9.54. The first-order chi connectivity index (χ1) is 15.0. The highest BCUT2D eigenvalue weighted by atomic mass is 32.1. The summed E-state index contributed by atoms with van der Waals surface area (Å²) in [5, 5.41) is 3.86. The Morgan fingerprint density at radius 2 is 2.03 bits per heavy atom. The Kier molecular flexibility index (Phi) is 6.36. The van der Waals surface area contributed by atoms with Crippen LogP contribution in [0.1, 0.15) is 55.1 Å². The van der Waals surface area contributed by atoms with Gasteiger partial charge < -0.3 is 10.2 Å². The number of aryl methyl sites for hydroxylation is 1. The third kappa shape index (κ3) is 4.96. The van der Waals surface area contributed by atoms with Crippen LogP contribution in [0.25, 0.3) is 0 Å². The van der Waals surface area contributed by atoms with E-state index in [1.807, 2.05) is 19.1 Å². The maximum absolute atomic E-state index is 13.4. The molecule has 0 saturated carbocycles. The van der Waals surface area contributed by atoms with E-state index in [4.69, 9.17) is 0 Å². The van der Waals surface area contributed by atoms with E-state index >= 15 is 0 Å². The molecule has 31 heavy (non-hydrogen) atoms. The fourth-order valence-electron chi connectivity index (χ4n) is 3.70. The van der Waals surface area contributed by atoms with Gasteiger partial charge in [0.1, 0.15) is 10.7 Å². The van der Waals surface area contributed by atoms with Crippen molar-refractivity contribution in [2.75, 3.05) is 13.1 Å². The van der Waals surface area contributed by atoms with Gasteiger partial charge >= 0.3 is 0 Å². The van der Waals surface area contributed by atoms with Gasteiger partial charge in [0.2, 0.25) is 0 Å². The number of carbonyl (C=O) groups excluding carboxylic acids is 2. The molecule has 6 nitrogen and oxygen atoms in total. The zero-order chi connectivity index (χ0) is 21.8. The van der Waals surface area contributed by atoms with E-state index in [-0.39, 0.29) is 17.7 Å². The molecule has 0 unspecified atom stereocenters. The molecule has 1 fully saturated rings. The lowest BCUT2D eigenvalue weighted by molar-refractivity contribution is 0.0712. The largest absolute Gasteiger partial charge is 0.347 e. The first-order valence-electron chi connectivity index (χ1n) is 10.2. The van der Waals surface area contributed by atoms with Crippen LogP contribution in [0.15, 0.2) is 48.8 Å². The lowest BCUT2D eigenvalue weighted by Gasteiger charge is -2.31. The zero-order valence-electron chi connectivity index (χ0n) is 17.2. The Morgan fingerprint density at radius 3 is 2.74 bits per heavy atom. The van der Waals surface area contributed by atoms with Gasteiger partial charge in [0.25, 0.3) is 11.8 Å². The number of pyridine rings is 1. The van der Waals surface area contributed by atoms with Gasteiger partial charge in [0.05, 0.1) is 10.7 Å². The third-order valence-electron chi connectivity index (χ3n) is 5.40. The molecule has 0 radical (unpaired) electrons. The van der Waals surface area contributed by atoms with Gasteiger partial charge in [-0.3, -0.25) is 14.6 Å². The number of thiazole rings is 1. The number of halogens is 1. The highest BCUT2D eigenvalue weighted by Gasteiger charge is 2.28. The second-order valence-corrected chi connectivity index (χ2v) is 8.62. The Hall–Kier alpha value is -3.13. The van der Waals surface area contributed by atoms with Crippen LogP contribution in [0.5, 0.6) is 0 Å². The second kappa shape index (κ2) is 9.34. The van der Waals surface area contributed by atoms with Crippen LogP contribution in [0.3, 0.4) is 0 Å². The Labute approximate surface area is 184 Å². The molecule has 3 aromatic rings. The molecule has 2 aromatic heterocycles. The Balaban J connectivity index is 1.36. The summed E-state index contributed by atoms with van der Waals surface area (Å²) < 4.78 is 13.4. The predicted octanol–water partition coefficient (Wildman–Crippen LogP) is 3.94. The van der Waals surface area contributed by atoms with Crippen LogP contribution in [0.4, 0.5) is 4.39 Å². The number of aromatic nitrogens is 2. The van der Waals surface area contributed by atoms with Crippen molar-refractivity contribution in [2.45, 2.75) is 32.2 Å². The summed E-state index contributed by atoms with van der Waals surface area (Å²) in [4.78, 5) is 36.3. The van der Waals surface area contributed by atoms with Crippen LogP contribution < -0.4 is 5.32 Å². The molecule has 160 valence electrons. The van der Waals surface area contributed by atoms with Gasteiger partial charge in [-0.05, 0) is 49.6 Å². The van der Waals surface area contributed by atoms with Crippen LogP contribution in [-0.4, -0.2) is 39.8 Å². The lowest BCUT2D eigenvalue weighted by Crippen LogP contribution is -2.37. The fourth-order valence-corrected chi connectivity index (χ4v) is 4.85. The quantitative estimate of drug-likeness (QED) is 0.655. The highest BCUT2D eigenvalue weighted by molar-refractivity contribution is 7.13. The summed E-state index contributed by atoms with van der Waals surface area (Å²) in [6.07, 6.45) is 4.96. The lowest BCUT2D eigenvalue weighted by atomic mass is 9.97.